The van der Waals surface area contributed by atoms with Crippen molar-refractivity contribution >= 4 is 50.6 Å². The van der Waals surface area contributed by atoms with Crippen LogP contribution in [0, 0.1) is 0 Å². The summed E-state index contributed by atoms with van der Waals surface area (Å²) >= 11 is 10.4. The maximum Gasteiger partial charge on any atom is 0.263 e. The number of amides is 1. The molecule has 1 amide bonds. The smallest absolute Gasteiger partial charge is 0.263 e. The first-order chi connectivity index (χ1) is 9.08. The van der Waals surface area contributed by atoms with Gasteiger partial charge in [0.05, 0.1) is 11.6 Å². The molecule has 0 aliphatic rings. The number of carbonyl (C=O) groups excluding carboxylic acids is 2. The number of carbonyl (C=O) groups is 2. The summed E-state index contributed by atoms with van der Waals surface area (Å²) in [7, 11) is 0. The molecule has 19 heavy (non-hydrogen) atoms. The van der Waals surface area contributed by atoms with Crippen molar-refractivity contribution < 1.29 is 9.59 Å². The number of Topliss-reactive ketones (excluding diaryl/α,β-unsaturated/α-hetero) is 1. The van der Waals surface area contributed by atoms with Crippen molar-refractivity contribution in [2.45, 2.75) is 0 Å². The fourth-order valence-corrected chi connectivity index (χ4v) is 2.76. The van der Waals surface area contributed by atoms with Gasteiger partial charge in [0.1, 0.15) is 4.88 Å². The van der Waals surface area contributed by atoms with Crippen LogP contribution in [0.15, 0.2) is 40.2 Å². The molecule has 0 spiro atoms. The van der Waals surface area contributed by atoms with E-state index in [-0.39, 0.29) is 18.2 Å². The molecule has 0 saturated carbocycles. The molecule has 1 aromatic carbocycles. The number of rotatable bonds is 4. The predicted molar refractivity (Wildman–Crippen MR) is 80.1 cm³/mol. The highest BCUT2D eigenvalue weighted by molar-refractivity contribution is 9.10. The molecule has 3 nitrogen and oxygen atoms in total. The summed E-state index contributed by atoms with van der Waals surface area (Å²) in [6.07, 6.45) is 0. The summed E-state index contributed by atoms with van der Waals surface area (Å²) in [5, 5.41) is 4.70. The van der Waals surface area contributed by atoms with Crippen molar-refractivity contribution in [2.75, 3.05) is 6.54 Å². The lowest BCUT2D eigenvalue weighted by Gasteiger charge is -2.04. The van der Waals surface area contributed by atoms with Gasteiger partial charge in [-0.15, -0.1) is 11.3 Å². The van der Waals surface area contributed by atoms with Crippen LogP contribution in [-0.4, -0.2) is 18.2 Å². The van der Waals surface area contributed by atoms with Gasteiger partial charge in [0, 0.05) is 10.0 Å². The first-order valence-corrected chi connectivity index (χ1v) is 7.43. The first kappa shape index (κ1) is 14.2. The minimum absolute atomic E-state index is 0.0469. The molecule has 98 valence electrons. The molecule has 1 N–H and O–H groups in total. The highest BCUT2D eigenvalue weighted by Crippen LogP contribution is 2.21. The lowest BCUT2D eigenvalue weighted by atomic mass is 10.1. The fourth-order valence-electron chi connectivity index (χ4n) is 1.43. The Balaban J connectivity index is 1.96. The van der Waals surface area contributed by atoms with Crippen LogP contribution in [-0.2, 0) is 0 Å². The third-order valence-corrected chi connectivity index (χ3v) is 4.27. The molecule has 2 rings (SSSR count). The maximum absolute atomic E-state index is 11.9. The second-order valence-corrected chi connectivity index (χ2v) is 5.95. The van der Waals surface area contributed by atoms with Gasteiger partial charge in [-0.25, -0.2) is 0 Å². The maximum atomic E-state index is 11.9. The van der Waals surface area contributed by atoms with Gasteiger partial charge < -0.3 is 5.32 Å². The van der Waals surface area contributed by atoms with E-state index in [0.717, 1.165) is 4.47 Å². The summed E-state index contributed by atoms with van der Waals surface area (Å²) in [5.74, 6) is -0.473. The third kappa shape index (κ3) is 3.65. The van der Waals surface area contributed by atoms with Gasteiger partial charge in [-0.05, 0) is 23.6 Å². The standard InChI is InChI=1S/C13H9BrClNO2S/c14-9-3-1-8(2-4-9)11(17)7-16-13(18)12-10(15)5-6-19-12/h1-6H,7H2,(H,16,18). The number of ketones is 1. The second kappa shape index (κ2) is 6.32. The van der Waals surface area contributed by atoms with E-state index in [1.807, 2.05) is 0 Å². The predicted octanol–water partition coefficient (Wildman–Crippen LogP) is 3.78. The summed E-state index contributed by atoms with van der Waals surface area (Å²) < 4.78 is 0.901. The Morgan fingerprint density at radius 1 is 1.21 bits per heavy atom. The molecular weight excluding hydrogens is 350 g/mol. The minimum Gasteiger partial charge on any atom is -0.344 e. The van der Waals surface area contributed by atoms with E-state index in [1.165, 1.54) is 11.3 Å². The average Bonchev–Trinajstić information content (AvgIpc) is 2.83. The largest absolute Gasteiger partial charge is 0.344 e. The minimum atomic E-state index is -0.328. The third-order valence-electron chi connectivity index (χ3n) is 2.40. The highest BCUT2D eigenvalue weighted by atomic mass is 79.9. The van der Waals surface area contributed by atoms with Gasteiger partial charge in [0.15, 0.2) is 5.78 Å². The van der Waals surface area contributed by atoms with Crippen LogP contribution < -0.4 is 5.32 Å². The number of hydrogen-bond acceptors (Lipinski definition) is 3. The molecule has 2 aromatic rings. The topological polar surface area (TPSA) is 46.2 Å². The molecule has 0 saturated heterocycles. The molecule has 0 aliphatic carbocycles. The Hall–Kier alpha value is -1.17. The lowest BCUT2D eigenvalue weighted by Crippen LogP contribution is -2.29. The summed E-state index contributed by atoms with van der Waals surface area (Å²) in [5.41, 5.74) is 0.556. The van der Waals surface area contributed by atoms with E-state index in [2.05, 4.69) is 21.2 Å². The van der Waals surface area contributed by atoms with Crippen LogP contribution >= 0.6 is 38.9 Å². The van der Waals surface area contributed by atoms with Gasteiger partial charge >= 0.3 is 0 Å². The zero-order chi connectivity index (χ0) is 13.8. The van der Waals surface area contributed by atoms with Crippen LogP contribution in [0.1, 0.15) is 20.0 Å². The van der Waals surface area contributed by atoms with E-state index in [4.69, 9.17) is 11.6 Å². The molecule has 0 aliphatic heterocycles. The quantitative estimate of drug-likeness (QED) is 0.846. The van der Waals surface area contributed by atoms with E-state index < -0.39 is 0 Å². The summed E-state index contributed by atoms with van der Waals surface area (Å²) in [4.78, 5) is 24.0. The first-order valence-electron chi connectivity index (χ1n) is 5.38. The molecular formula is C13H9BrClNO2S. The van der Waals surface area contributed by atoms with Crippen LogP contribution in [0.25, 0.3) is 0 Å². The second-order valence-electron chi connectivity index (χ2n) is 3.71. The van der Waals surface area contributed by atoms with Gasteiger partial charge in [-0.1, -0.05) is 39.7 Å². The number of benzene rings is 1. The highest BCUT2D eigenvalue weighted by Gasteiger charge is 2.13. The van der Waals surface area contributed by atoms with Crippen LogP contribution in [0.5, 0.6) is 0 Å². The molecule has 1 heterocycles. The van der Waals surface area contributed by atoms with Crippen LogP contribution in [0.4, 0.5) is 0 Å². The van der Waals surface area contributed by atoms with Crippen molar-refractivity contribution in [1.29, 1.82) is 0 Å². The normalized spacial score (nSPS) is 10.2. The van der Waals surface area contributed by atoms with E-state index >= 15 is 0 Å². The Morgan fingerprint density at radius 3 is 2.47 bits per heavy atom. The molecule has 0 radical (unpaired) electrons. The van der Waals surface area contributed by atoms with Crippen molar-refractivity contribution in [3.05, 3.63) is 55.6 Å². The molecule has 0 bridgehead atoms. The molecule has 0 atom stereocenters. The zero-order valence-corrected chi connectivity index (χ0v) is 12.8. The van der Waals surface area contributed by atoms with Crippen molar-refractivity contribution in [2.24, 2.45) is 0 Å². The lowest BCUT2D eigenvalue weighted by molar-refractivity contribution is 0.0907. The van der Waals surface area contributed by atoms with Crippen molar-refractivity contribution in [1.82, 2.24) is 5.32 Å². The Morgan fingerprint density at radius 2 is 1.89 bits per heavy atom. The fraction of sp³-hybridized carbons (Fsp3) is 0.0769. The van der Waals surface area contributed by atoms with Gasteiger partial charge in [0.25, 0.3) is 5.91 Å². The number of thiophene rings is 1. The van der Waals surface area contributed by atoms with Gasteiger partial charge in [-0.2, -0.15) is 0 Å². The number of nitrogens with one attached hydrogen (secondary N) is 1. The van der Waals surface area contributed by atoms with Gasteiger partial charge in [-0.3, -0.25) is 9.59 Å². The van der Waals surface area contributed by atoms with Crippen LogP contribution in [0.2, 0.25) is 5.02 Å². The van der Waals surface area contributed by atoms with E-state index in [0.29, 0.717) is 15.5 Å². The summed E-state index contributed by atoms with van der Waals surface area (Å²) in [6, 6.07) is 8.63. The monoisotopic (exact) mass is 357 g/mol. The number of halogens is 2. The van der Waals surface area contributed by atoms with Crippen LogP contribution in [0.3, 0.4) is 0 Å². The Labute approximate surface area is 127 Å². The molecule has 0 fully saturated rings. The SMILES string of the molecule is O=C(CNC(=O)c1sccc1Cl)c1ccc(Br)cc1. The molecule has 1 aromatic heterocycles. The summed E-state index contributed by atoms with van der Waals surface area (Å²) in [6.45, 7) is -0.0469. The number of hydrogen-bond donors (Lipinski definition) is 1. The molecule has 0 unspecified atom stereocenters. The van der Waals surface area contributed by atoms with Crippen molar-refractivity contribution in [3.8, 4) is 0 Å². The van der Waals surface area contributed by atoms with E-state index in [9.17, 15) is 9.59 Å². The van der Waals surface area contributed by atoms with E-state index in [1.54, 1.807) is 35.7 Å². The van der Waals surface area contributed by atoms with Gasteiger partial charge in [0.2, 0.25) is 0 Å². The average molecular weight is 359 g/mol. The Bertz CT molecular complexity index is 609. The molecule has 6 heteroatoms. The zero-order valence-electron chi connectivity index (χ0n) is 9.65. The Kier molecular flexibility index (Phi) is 4.74. The van der Waals surface area contributed by atoms with Crippen molar-refractivity contribution in [3.63, 3.8) is 0 Å².